The highest BCUT2D eigenvalue weighted by Crippen LogP contribution is 2.18. The largest absolute Gasteiger partial charge is 0.463 e. The Hall–Kier alpha value is -1.29. The highest BCUT2D eigenvalue weighted by atomic mass is 16.5. The van der Waals surface area contributed by atoms with Crippen molar-refractivity contribution in [3.8, 4) is 0 Å². The number of ether oxygens (including phenoxy) is 1. The average molecular weight is 237 g/mol. The molecule has 0 aliphatic heterocycles. The molecule has 0 radical (unpaired) electrons. The molecule has 94 valence electrons. The second kappa shape index (κ2) is 5.87. The first-order valence-electron chi connectivity index (χ1n) is 6.19. The molecule has 2 rings (SSSR count). The van der Waals surface area contributed by atoms with Crippen molar-refractivity contribution in [1.82, 2.24) is 5.32 Å². The Bertz CT molecular complexity index is 366. The van der Waals surface area contributed by atoms with Crippen LogP contribution in [0.3, 0.4) is 0 Å². The van der Waals surface area contributed by atoms with E-state index in [1.165, 1.54) is 45.5 Å². The van der Waals surface area contributed by atoms with E-state index in [2.05, 4.69) is 10.1 Å². The van der Waals surface area contributed by atoms with Crippen molar-refractivity contribution in [2.45, 2.75) is 44.7 Å². The molecule has 1 aromatic heterocycles. The summed E-state index contributed by atoms with van der Waals surface area (Å²) >= 11 is 0. The summed E-state index contributed by atoms with van der Waals surface area (Å²) in [6.45, 7) is 0.672. The third kappa shape index (κ3) is 3.09. The summed E-state index contributed by atoms with van der Waals surface area (Å²) < 4.78 is 9.81. The van der Waals surface area contributed by atoms with Crippen LogP contribution in [0.25, 0.3) is 0 Å². The number of furan rings is 1. The van der Waals surface area contributed by atoms with Crippen molar-refractivity contribution in [1.29, 1.82) is 0 Å². The molecule has 1 fully saturated rings. The van der Waals surface area contributed by atoms with Gasteiger partial charge in [-0.25, -0.2) is 4.79 Å². The zero-order valence-electron chi connectivity index (χ0n) is 10.2. The van der Waals surface area contributed by atoms with Gasteiger partial charge in [-0.15, -0.1) is 0 Å². The number of esters is 1. The zero-order chi connectivity index (χ0) is 12.1. The van der Waals surface area contributed by atoms with Crippen molar-refractivity contribution in [3.05, 3.63) is 23.7 Å². The molecule has 0 aromatic carbocycles. The Balaban J connectivity index is 1.89. The van der Waals surface area contributed by atoms with E-state index in [0.717, 1.165) is 5.56 Å². The van der Waals surface area contributed by atoms with Crippen molar-refractivity contribution >= 4 is 5.97 Å². The third-order valence-corrected chi connectivity index (χ3v) is 3.30. The third-order valence-electron chi connectivity index (χ3n) is 3.30. The summed E-state index contributed by atoms with van der Waals surface area (Å²) in [5.41, 5.74) is 0.877. The van der Waals surface area contributed by atoms with Crippen LogP contribution in [0, 0.1) is 0 Å². The van der Waals surface area contributed by atoms with E-state index < -0.39 is 5.97 Å². The minimum atomic E-state index is -0.407. The van der Waals surface area contributed by atoms with Crippen LogP contribution in [0.5, 0.6) is 0 Å². The fourth-order valence-electron chi connectivity index (χ4n) is 2.31. The minimum Gasteiger partial charge on any atom is -0.463 e. The molecule has 0 bridgehead atoms. The van der Waals surface area contributed by atoms with Gasteiger partial charge in [-0.1, -0.05) is 19.3 Å². The van der Waals surface area contributed by atoms with Gasteiger partial charge in [0.2, 0.25) is 5.76 Å². The standard InChI is InChI=1S/C13H19NO3/c1-16-13(15)12-10(7-8-17-12)9-14-11-5-3-2-4-6-11/h7-8,11,14H,2-6,9H2,1H3. The lowest BCUT2D eigenvalue weighted by molar-refractivity contribution is 0.0563. The summed E-state index contributed by atoms with van der Waals surface area (Å²) in [6, 6.07) is 2.39. The molecule has 0 spiro atoms. The van der Waals surface area contributed by atoms with Gasteiger partial charge in [-0.2, -0.15) is 0 Å². The van der Waals surface area contributed by atoms with Gasteiger partial charge in [0.05, 0.1) is 13.4 Å². The van der Waals surface area contributed by atoms with Crippen LogP contribution in [0.15, 0.2) is 16.7 Å². The van der Waals surface area contributed by atoms with Crippen molar-refractivity contribution in [2.75, 3.05) is 7.11 Å². The lowest BCUT2D eigenvalue weighted by atomic mass is 9.95. The van der Waals surface area contributed by atoms with Gasteiger partial charge in [0, 0.05) is 18.2 Å². The van der Waals surface area contributed by atoms with Crippen LogP contribution in [-0.4, -0.2) is 19.1 Å². The monoisotopic (exact) mass is 237 g/mol. The van der Waals surface area contributed by atoms with Gasteiger partial charge in [-0.05, 0) is 18.9 Å². The topological polar surface area (TPSA) is 51.5 Å². The minimum absolute atomic E-state index is 0.316. The maximum absolute atomic E-state index is 11.4. The summed E-state index contributed by atoms with van der Waals surface area (Å²) in [4.78, 5) is 11.4. The van der Waals surface area contributed by atoms with Crippen LogP contribution in [0.2, 0.25) is 0 Å². The van der Waals surface area contributed by atoms with E-state index in [9.17, 15) is 4.79 Å². The number of carbonyl (C=O) groups excluding carboxylic acids is 1. The molecular formula is C13H19NO3. The zero-order valence-corrected chi connectivity index (χ0v) is 10.2. The maximum Gasteiger partial charge on any atom is 0.374 e. The molecule has 1 saturated carbocycles. The Morgan fingerprint density at radius 1 is 1.47 bits per heavy atom. The molecule has 0 atom stereocenters. The van der Waals surface area contributed by atoms with Crippen LogP contribution in [0.1, 0.15) is 48.2 Å². The van der Waals surface area contributed by atoms with Crippen molar-refractivity contribution in [3.63, 3.8) is 0 Å². The molecule has 1 aromatic rings. The van der Waals surface area contributed by atoms with E-state index in [1.807, 2.05) is 6.07 Å². The number of hydrogen-bond donors (Lipinski definition) is 1. The normalized spacial score (nSPS) is 17.0. The lowest BCUT2D eigenvalue weighted by Crippen LogP contribution is -2.30. The molecule has 1 N–H and O–H groups in total. The number of rotatable bonds is 4. The predicted octanol–water partition coefficient (Wildman–Crippen LogP) is 2.49. The first-order valence-corrected chi connectivity index (χ1v) is 6.19. The summed E-state index contributed by atoms with van der Waals surface area (Å²) in [5, 5.41) is 3.48. The number of methoxy groups -OCH3 is 1. The molecule has 4 heteroatoms. The smallest absolute Gasteiger partial charge is 0.374 e. The van der Waals surface area contributed by atoms with E-state index >= 15 is 0 Å². The molecule has 4 nitrogen and oxygen atoms in total. The molecule has 1 aliphatic rings. The predicted molar refractivity (Wildman–Crippen MR) is 63.8 cm³/mol. The van der Waals surface area contributed by atoms with Crippen molar-refractivity contribution in [2.24, 2.45) is 0 Å². The van der Waals surface area contributed by atoms with Crippen LogP contribution in [0.4, 0.5) is 0 Å². The Morgan fingerprint density at radius 3 is 2.94 bits per heavy atom. The molecule has 0 amide bonds. The number of carbonyl (C=O) groups is 1. The first-order chi connectivity index (χ1) is 8.31. The van der Waals surface area contributed by atoms with E-state index in [4.69, 9.17) is 4.42 Å². The van der Waals surface area contributed by atoms with Crippen molar-refractivity contribution < 1.29 is 13.9 Å². The molecule has 0 unspecified atom stereocenters. The second-order valence-corrected chi connectivity index (χ2v) is 4.48. The molecule has 0 saturated heterocycles. The summed E-state index contributed by atoms with van der Waals surface area (Å²) in [6.07, 6.45) is 7.93. The van der Waals surface area contributed by atoms with E-state index in [-0.39, 0.29) is 0 Å². The fraction of sp³-hybridized carbons (Fsp3) is 0.615. The van der Waals surface area contributed by atoms with Gasteiger partial charge in [0.1, 0.15) is 0 Å². The Labute approximate surface area is 101 Å². The Kier molecular flexibility index (Phi) is 4.20. The molecule has 1 aliphatic carbocycles. The second-order valence-electron chi connectivity index (χ2n) is 4.48. The summed E-state index contributed by atoms with van der Waals surface area (Å²) in [7, 11) is 1.36. The van der Waals surface area contributed by atoms with Gasteiger partial charge in [-0.3, -0.25) is 0 Å². The first kappa shape index (κ1) is 12.2. The number of hydrogen-bond acceptors (Lipinski definition) is 4. The highest BCUT2D eigenvalue weighted by molar-refractivity contribution is 5.87. The van der Waals surface area contributed by atoms with Gasteiger partial charge >= 0.3 is 5.97 Å². The maximum atomic E-state index is 11.4. The van der Waals surface area contributed by atoms with E-state index in [0.29, 0.717) is 18.3 Å². The quantitative estimate of drug-likeness (QED) is 0.817. The molecule has 17 heavy (non-hydrogen) atoms. The van der Waals surface area contributed by atoms with Gasteiger partial charge in [0.15, 0.2) is 0 Å². The van der Waals surface area contributed by atoms with Crippen LogP contribution < -0.4 is 5.32 Å². The van der Waals surface area contributed by atoms with E-state index in [1.54, 1.807) is 0 Å². The molecular weight excluding hydrogens is 218 g/mol. The molecule has 1 heterocycles. The fourth-order valence-corrected chi connectivity index (χ4v) is 2.31. The Morgan fingerprint density at radius 2 is 2.24 bits per heavy atom. The van der Waals surface area contributed by atoms with Gasteiger partial charge < -0.3 is 14.5 Å². The van der Waals surface area contributed by atoms with Crippen LogP contribution in [-0.2, 0) is 11.3 Å². The SMILES string of the molecule is COC(=O)c1occc1CNC1CCCCC1. The highest BCUT2D eigenvalue weighted by Gasteiger charge is 2.17. The lowest BCUT2D eigenvalue weighted by Gasteiger charge is -2.22. The summed E-state index contributed by atoms with van der Waals surface area (Å²) in [5.74, 6) is -0.0914. The number of nitrogens with one attached hydrogen (secondary N) is 1. The van der Waals surface area contributed by atoms with Gasteiger partial charge in [0.25, 0.3) is 0 Å². The van der Waals surface area contributed by atoms with Crippen LogP contribution >= 0.6 is 0 Å². The average Bonchev–Trinajstić information content (AvgIpc) is 2.85.